The number of nitrogens with zero attached hydrogens (tertiary/aromatic N) is 4. The van der Waals surface area contributed by atoms with Crippen molar-refractivity contribution in [2.75, 3.05) is 13.1 Å². The fraction of sp³-hybridized carbons (Fsp3) is 0.778. The molecule has 0 spiro atoms. The normalized spacial score (nSPS) is 25.3. The lowest BCUT2D eigenvalue weighted by molar-refractivity contribution is -0.123. The first-order valence-corrected chi connectivity index (χ1v) is 5.46. The van der Waals surface area contributed by atoms with Gasteiger partial charge in [-0.3, -0.25) is 4.79 Å². The van der Waals surface area contributed by atoms with Crippen LogP contribution in [0.25, 0.3) is 0 Å². The summed E-state index contributed by atoms with van der Waals surface area (Å²) in [7, 11) is 0. The maximum absolute atomic E-state index is 11.7. The van der Waals surface area contributed by atoms with Crippen LogP contribution in [-0.4, -0.2) is 45.2 Å². The Kier molecular flexibility index (Phi) is 3.45. The van der Waals surface area contributed by atoms with Gasteiger partial charge in [0.25, 0.3) is 0 Å². The molecule has 1 amide bonds. The number of rotatable bonds is 3. The van der Waals surface area contributed by atoms with Crippen molar-refractivity contribution in [2.24, 2.45) is 5.92 Å². The van der Waals surface area contributed by atoms with Gasteiger partial charge < -0.3 is 10.6 Å². The van der Waals surface area contributed by atoms with E-state index in [4.69, 9.17) is 0 Å². The largest absolute Gasteiger partial charge is 0.350 e. The predicted octanol–water partition coefficient (Wildman–Crippen LogP) is -1.21. The first kappa shape index (κ1) is 11.0. The van der Waals surface area contributed by atoms with Crippen LogP contribution in [0.2, 0.25) is 0 Å². The second kappa shape index (κ2) is 5.02. The summed E-state index contributed by atoms with van der Waals surface area (Å²) in [6.45, 7) is 4.20. The second-order valence-electron chi connectivity index (χ2n) is 4.15. The van der Waals surface area contributed by atoms with Crippen molar-refractivity contribution in [3.8, 4) is 0 Å². The van der Waals surface area contributed by atoms with Crippen molar-refractivity contribution in [3.05, 3.63) is 6.33 Å². The highest BCUT2D eigenvalue weighted by Gasteiger charge is 2.22. The quantitative estimate of drug-likeness (QED) is 0.673. The second-order valence-corrected chi connectivity index (χ2v) is 4.15. The Labute approximate surface area is 93.6 Å². The number of tetrazole rings is 1. The summed E-state index contributed by atoms with van der Waals surface area (Å²) >= 11 is 0. The van der Waals surface area contributed by atoms with Crippen LogP contribution in [0.4, 0.5) is 0 Å². The minimum atomic E-state index is -0.0483. The lowest BCUT2D eigenvalue weighted by Gasteiger charge is -2.30. The van der Waals surface area contributed by atoms with Crippen molar-refractivity contribution < 1.29 is 4.79 Å². The summed E-state index contributed by atoms with van der Waals surface area (Å²) in [5, 5.41) is 16.9. The molecule has 2 unspecified atom stereocenters. The number of carbonyl (C=O) groups excluding carboxylic acids is 1. The maximum Gasteiger partial charge on any atom is 0.242 e. The van der Waals surface area contributed by atoms with Gasteiger partial charge in [-0.25, -0.2) is 4.68 Å². The van der Waals surface area contributed by atoms with Crippen LogP contribution in [0.3, 0.4) is 0 Å². The Bertz CT molecular complexity index is 338. The molecule has 2 rings (SSSR count). The summed E-state index contributed by atoms with van der Waals surface area (Å²) in [5.74, 6) is 0.465. The van der Waals surface area contributed by atoms with Crippen LogP contribution < -0.4 is 10.6 Å². The average molecular weight is 224 g/mol. The van der Waals surface area contributed by atoms with Gasteiger partial charge in [-0.15, -0.1) is 5.10 Å². The molecule has 1 aromatic heterocycles. The smallest absolute Gasteiger partial charge is 0.242 e. The van der Waals surface area contributed by atoms with Crippen LogP contribution in [0.15, 0.2) is 6.33 Å². The Balaban J connectivity index is 1.82. The number of carbonyl (C=O) groups is 1. The molecule has 2 N–H and O–H groups in total. The number of nitrogens with one attached hydrogen (secondary N) is 2. The van der Waals surface area contributed by atoms with E-state index in [1.165, 1.54) is 11.0 Å². The lowest BCUT2D eigenvalue weighted by Crippen LogP contribution is -2.50. The minimum absolute atomic E-state index is 0.0483. The van der Waals surface area contributed by atoms with E-state index in [1.807, 2.05) is 0 Å². The van der Waals surface area contributed by atoms with E-state index in [-0.39, 0.29) is 18.5 Å². The van der Waals surface area contributed by atoms with E-state index in [0.29, 0.717) is 5.92 Å². The maximum atomic E-state index is 11.7. The number of aromatic nitrogens is 4. The summed E-state index contributed by atoms with van der Waals surface area (Å²) in [4.78, 5) is 11.7. The van der Waals surface area contributed by atoms with Gasteiger partial charge in [0.15, 0.2) is 0 Å². The monoisotopic (exact) mass is 224 g/mol. The zero-order valence-corrected chi connectivity index (χ0v) is 9.26. The molecule has 88 valence electrons. The molecule has 7 nitrogen and oxygen atoms in total. The van der Waals surface area contributed by atoms with E-state index in [9.17, 15) is 4.79 Å². The summed E-state index contributed by atoms with van der Waals surface area (Å²) < 4.78 is 1.41. The molecule has 2 heterocycles. The Morgan fingerprint density at radius 3 is 3.25 bits per heavy atom. The minimum Gasteiger partial charge on any atom is -0.350 e. The Hall–Kier alpha value is -1.50. The van der Waals surface area contributed by atoms with Gasteiger partial charge in [-0.05, 0) is 29.3 Å². The van der Waals surface area contributed by atoms with Gasteiger partial charge in [-0.1, -0.05) is 6.92 Å². The van der Waals surface area contributed by atoms with E-state index in [0.717, 1.165) is 19.5 Å². The third kappa shape index (κ3) is 2.75. The SMILES string of the molecule is CC1CCNCC1NC(=O)Cn1cnnn1. The van der Waals surface area contributed by atoms with Gasteiger partial charge in [0, 0.05) is 12.6 Å². The van der Waals surface area contributed by atoms with Crippen molar-refractivity contribution in [1.82, 2.24) is 30.8 Å². The summed E-state index contributed by atoms with van der Waals surface area (Å²) in [6.07, 6.45) is 2.53. The number of hydrogen-bond donors (Lipinski definition) is 2. The lowest BCUT2D eigenvalue weighted by atomic mass is 9.95. The molecular formula is C9H16N6O. The molecule has 1 aromatic rings. The molecule has 1 aliphatic heterocycles. The number of amides is 1. The Morgan fingerprint density at radius 1 is 1.69 bits per heavy atom. The molecule has 0 radical (unpaired) electrons. The van der Waals surface area contributed by atoms with E-state index in [1.54, 1.807) is 0 Å². The molecule has 0 aromatic carbocycles. The van der Waals surface area contributed by atoms with Gasteiger partial charge in [0.2, 0.25) is 5.91 Å². The van der Waals surface area contributed by atoms with Crippen LogP contribution >= 0.6 is 0 Å². The summed E-state index contributed by atoms with van der Waals surface area (Å²) in [5.41, 5.74) is 0. The molecule has 0 bridgehead atoms. The molecule has 0 aliphatic carbocycles. The predicted molar refractivity (Wildman–Crippen MR) is 56.4 cm³/mol. The molecule has 0 saturated carbocycles. The van der Waals surface area contributed by atoms with Crippen LogP contribution in [0.1, 0.15) is 13.3 Å². The fourth-order valence-corrected chi connectivity index (χ4v) is 1.84. The molecular weight excluding hydrogens is 208 g/mol. The highest BCUT2D eigenvalue weighted by Crippen LogP contribution is 2.10. The topological polar surface area (TPSA) is 84.7 Å². The fourth-order valence-electron chi connectivity index (χ4n) is 1.84. The zero-order chi connectivity index (χ0) is 11.4. The molecule has 1 aliphatic rings. The summed E-state index contributed by atoms with van der Waals surface area (Å²) in [6, 6.07) is 0.206. The third-order valence-electron chi connectivity index (χ3n) is 2.87. The van der Waals surface area contributed by atoms with Gasteiger partial charge in [-0.2, -0.15) is 0 Å². The zero-order valence-electron chi connectivity index (χ0n) is 9.26. The van der Waals surface area contributed by atoms with Crippen molar-refractivity contribution in [1.29, 1.82) is 0 Å². The molecule has 7 heteroatoms. The standard InChI is InChI=1S/C9H16N6O/c1-7-2-3-10-4-8(7)12-9(16)5-15-6-11-13-14-15/h6-8,10H,2-5H2,1H3,(H,12,16). The van der Waals surface area contributed by atoms with Gasteiger partial charge >= 0.3 is 0 Å². The van der Waals surface area contributed by atoms with Crippen molar-refractivity contribution in [3.63, 3.8) is 0 Å². The van der Waals surface area contributed by atoms with Crippen molar-refractivity contribution in [2.45, 2.75) is 25.9 Å². The third-order valence-corrected chi connectivity index (χ3v) is 2.87. The van der Waals surface area contributed by atoms with Gasteiger partial charge in [0.1, 0.15) is 12.9 Å². The van der Waals surface area contributed by atoms with E-state index < -0.39 is 0 Å². The van der Waals surface area contributed by atoms with E-state index in [2.05, 4.69) is 33.1 Å². The molecule has 2 atom stereocenters. The molecule has 1 saturated heterocycles. The van der Waals surface area contributed by atoms with Crippen LogP contribution in [0.5, 0.6) is 0 Å². The molecule has 1 fully saturated rings. The van der Waals surface area contributed by atoms with Crippen LogP contribution in [-0.2, 0) is 11.3 Å². The number of hydrogen-bond acceptors (Lipinski definition) is 5. The highest BCUT2D eigenvalue weighted by molar-refractivity contribution is 5.75. The first-order chi connectivity index (χ1) is 7.75. The number of piperidine rings is 1. The van der Waals surface area contributed by atoms with Crippen molar-refractivity contribution >= 4 is 5.91 Å². The van der Waals surface area contributed by atoms with E-state index >= 15 is 0 Å². The van der Waals surface area contributed by atoms with Crippen LogP contribution in [0, 0.1) is 5.92 Å². The van der Waals surface area contributed by atoms with Gasteiger partial charge in [0.05, 0.1) is 0 Å². The molecule has 16 heavy (non-hydrogen) atoms. The first-order valence-electron chi connectivity index (χ1n) is 5.46. The highest BCUT2D eigenvalue weighted by atomic mass is 16.2. The Morgan fingerprint density at radius 2 is 2.56 bits per heavy atom. The average Bonchev–Trinajstić information content (AvgIpc) is 2.74.